The smallest absolute Gasteiger partial charge is 0.411 e. The molecule has 1 aromatic rings. The van der Waals surface area contributed by atoms with Gasteiger partial charge in [-0.1, -0.05) is 6.07 Å². The summed E-state index contributed by atoms with van der Waals surface area (Å²) in [5, 5.41) is 9.11. The van der Waals surface area contributed by atoms with Gasteiger partial charge in [0.2, 0.25) is 0 Å². The van der Waals surface area contributed by atoms with Crippen molar-refractivity contribution in [2.75, 3.05) is 19.8 Å². The molecule has 0 atom stereocenters. The molecule has 0 unspecified atom stereocenters. The molecule has 0 fully saturated rings. The lowest BCUT2D eigenvalue weighted by atomic mass is 10.3. The Morgan fingerprint density at radius 1 is 1.18 bits per heavy atom. The van der Waals surface area contributed by atoms with Crippen LogP contribution in [0, 0.1) is 0 Å². The van der Waals surface area contributed by atoms with Crippen LogP contribution in [0.2, 0.25) is 0 Å². The second-order valence-electron chi connectivity index (χ2n) is 3.37. The number of halogens is 3. The van der Waals surface area contributed by atoms with Crippen molar-refractivity contribution in [3.63, 3.8) is 0 Å². The molecule has 0 spiro atoms. The minimum Gasteiger partial charge on any atom is -0.508 e. The number of ether oxygens (including phenoxy) is 2. The van der Waals surface area contributed by atoms with Gasteiger partial charge in [0.15, 0.2) is 0 Å². The predicted molar refractivity (Wildman–Crippen MR) is 55.1 cm³/mol. The van der Waals surface area contributed by atoms with E-state index >= 15 is 0 Å². The van der Waals surface area contributed by atoms with Crippen LogP contribution < -0.4 is 4.74 Å². The molecule has 0 aliphatic carbocycles. The Balaban J connectivity index is 2.09. The van der Waals surface area contributed by atoms with Gasteiger partial charge in [0, 0.05) is 12.5 Å². The summed E-state index contributed by atoms with van der Waals surface area (Å²) >= 11 is 0. The zero-order chi connectivity index (χ0) is 12.7. The quantitative estimate of drug-likeness (QED) is 0.789. The second-order valence-corrected chi connectivity index (χ2v) is 3.37. The van der Waals surface area contributed by atoms with Gasteiger partial charge in [-0.05, 0) is 12.1 Å². The van der Waals surface area contributed by atoms with Crippen LogP contribution >= 0.6 is 0 Å². The number of phenols is 1. The van der Waals surface area contributed by atoms with E-state index in [-0.39, 0.29) is 19.0 Å². The minimum absolute atomic E-state index is 0.0155. The fourth-order valence-electron chi connectivity index (χ4n) is 1.11. The summed E-state index contributed by atoms with van der Waals surface area (Å²) in [7, 11) is 0. The summed E-state index contributed by atoms with van der Waals surface area (Å²) in [6.07, 6.45) is -3.93. The van der Waals surface area contributed by atoms with E-state index in [0.29, 0.717) is 12.2 Å². The maximum atomic E-state index is 11.7. The second kappa shape index (κ2) is 6.34. The van der Waals surface area contributed by atoms with Crippen LogP contribution in [0.3, 0.4) is 0 Å². The van der Waals surface area contributed by atoms with Crippen molar-refractivity contribution in [2.24, 2.45) is 0 Å². The molecule has 0 saturated carbocycles. The topological polar surface area (TPSA) is 38.7 Å². The maximum absolute atomic E-state index is 11.7. The first-order chi connectivity index (χ1) is 7.97. The number of phenolic OH excluding ortho intramolecular Hbond substituents is 1. The van der Waals surface area contributed by atoms with Crippen LogP contribution in [0.1, 0.15) is 6.42 Å². The van der Waals surface area contributed by atoms with Gasteiger partial charge in [0.25, 0.3) is 0 Å². The number of alkyl halides is 3. The van der Waals surface area contributed by atoms with Crippen molar-refractivity contribution in [1.29, 1.82) is 0 Å². The maximum Gasteiger partial charge on any atom is 0.411 e. The van der Waals surface area contributed by atoms with E-state index in [1.165, 1.54) is 12.1 Å². The molecule has 0 aliphatic rings. The average Bonchev–Trinajstić information content (AvgIpc) is 2.22. The highest BCUT2D eigenvalue weighted by atomic mass is 19.4. The van der Waals surface area contributed by atoms with Crippen molar-refractivity contribution in [3.8, 4) is 11.5 Å². The Morgan fingerprint density at radius 3 is 2.59 bits per heavy atom. The van der Waals surface area contributed by atoms with Gasteiger partial charge in [-0.2, -0.15) is 13.2 Å². The Bertz CT molecular complexity index is 339. The van der Waals surface area contributed by atoms with Crippen LogP contribution in [0.15, 0.2) is 24.3 Å². The summed E-state index contributed by atoms with van der Waals surface area (Å²) < 4.78 is 44.7. The third-order valence-corrected chi connectivity index (χ3v) is 1.79. The summed E-state index contributed by atoms with van der Waals surface area (Å²) in [6, 6.07) is 6.19. The third-order valence-electron chi connectivity index (χ3n) is 1.79. The third kappa shape index (κ3) is 6.68. The van der Waals surface area contributed by atoms with E-state index in [2.05, 4.69) is 4.74 Å². The van der Waals surface area contributed by atoms with Crippen LogP contribution in [-0.4, -0.2) is 31.1 Å². The van der Waals surface area contributed by atoms with Gasteiger partial charge >= 0.3 is 6.18 Å². The molecule has 1 rings (SSSR count). The highest BCUT2D eigenvalue weighted by Crippen LogP contribution is 2.18. The van der Waals surface area contributed by atoms with Crippen molar-refractivity contribution in [1.82, 2.24) is 0 Å². The van der Waals surface area contributed by atoms with Gasteiger partial charge in [-0.15, -0.1) is 0 Å². The van der Waals surface area contributed by atoms with Gasteiger partial charge in [-0.25, -0.2) is 0 Å². The zero-order valence-electron chi connectivity index (χ0n) is 9.04. The van der Waals surface area contributed by atoms with Crippen LogP contribution in [0.5, 0.6) is 11.5 Å². The fourth-order valence-corrected chi connectivity index (χ4v) is 1.11. The standard InChI is InChI=1S/C11H13F3O3/c12-11(13,14)8-16-5-2-6-17-10-4-1-3-9(15)7-10/h1,3-4,7,15H,2,5-6,8H2. The summed E-state index contributed by atoms with van der Waals surface area (Å²) in [5.41, 5.74) is 0. The number of hydrogen-bond acceptors (Lipinski definition) is 3. The molecule has 0 heterocycles. The first kappa shape index (κ1) is 13.6. The molecule has 1 aromatic carbocycles. The van der Waals surface area contributed by atoms with Crippen molar-refractivity contribution in [3.05, 3.63) is 24.3 Å². The molecule has 0 aliphatic heterocycles. The SMILES string of the molecule is Oc1cccc(OCCCOCC(F)(F)F)c1. The highest BCUT2D eigenvalue weighted by molar-refractivity contribution is 5.31. The molecule has 96 valence electrons. The molecule has 0 aromatic heterocycles. The van der Waals surface area contributed by atoms with Gasteiger partial charge < -0.3 is 14.6 Å². The van der Waals surface area contributed by atoms with E-state index in [0.717, 1.165) is 0 Å². The van der Waals surface area contributed by atoms with E-state index in [4.69, 9.17) is 9.84 Å². The largest absolute Gasteiger partial charge is 0.508 e. The molecule has 3 nitrogen and oxygen atoms in total. The molecule has 0 saturated heterocycles. The number of hydrogen-bond donors (Lipinski definition) is 1. The van der Waals surface area contributed by atoms with E-state index in [1.54, 1.807) is 12.1 Å². The van der Waals surface area contributed by atoms with Crippen LogP contribution in [0.4, 0.5) is 13.2 Å². The number of rotatable bonds is 6. The summed E-state index contributed by atoms with van der Waals surface area (Å²) in [5.74, 6) is 0.552. The summed E-state index contributed by atoms with van der Waals surface area (Å²) in [6.45, 7) is -1.02. The lowest BCUT2D eigenvalue weighted by Gasteiger charge is -2.08. The number of aromatic hydroxyl groups is 1. The monoisotopic (exact) mass is 250 g/mol. The fraction of sp³-hybridized carbons (Fsp3) is 0.455. The van der Waals surface area contributed by atoms with E-state index in [1.807, 2.05) is 0 Å². The molecule has 0 amide bonds. The molecular formula is C11H13F3O3. The average molecular weight is 250 g/mol. The highest BCUT2D eigenvalue weighted by Gasteiger charge is 2.27. The molecule has 0 bridgehead atoms. The lowest BCUT2D eigenvalue weighted by Crippen LogP contribution is -2.18. The van der Waals surface area contributed by atoms with Crippen LogP contribution in [-0.2, 0) is 4.74 Å². The van der Waals surface area contributed by atoms with Gasteiger partial charge in [0.05, 0.1) is 13.2 Å². The molecule has 0 radical (unpaired) electrons. The Hall–Kier alpha value is -1.43. The van der Waals surface area contributed by atoms with E-state index < -0.39 is 12.8 Å². The Labute approximate surface area is 96.8 Å². The Morgan fingerprint density at radius 2 is 1.94 bits per heavy atom. The first-order valence-corrected chi connectivity index (χ1v) is 5.04. The van der Waals surface area contributed by atoms with Crippen molar-refractivity contribution in [2.45, 2.75) is 12.6 Å². The van der Waals surface area contributed by atoms with Crippen molar-refractivity contribution >= 4 is 0 Å². The first-order valence-electron chi connectivity index (χ1n) is 5.04. The molecule has 6 heteroatoms. The van der Waals surface area contributed by atoms with E-state index in [9.17, 15) is 13.2 Å². The lowest BCUT2D eigenvalue weighted by molar-refractivity contribution is -0.174. The van der Waals surface area contributed by atoms with Crippen molar-refractivity contribution < 1.29 is 27.8 Å². The summed E-state index contributed by atoms with van der Waals surface area (Å²) in [4.78, 5) is 0. The zero-order valence-corrected chi connectivity index (χ0v) is 9.04. The predicted octanol–water partition coefficient (Wildman–Crippen LogP) is 2.74. The number of benzene rings is 1. The van der Waals surface area contributed by atoms with Gasteiger partial charge in [-0.3, -0.25) is 0 Å². The molecular weight excluding hydrogens is 237 g/mol. The van der Waals surface area contributed by atoms with Crippen LogP contribution in [0.25, 0.3) is 0 Å². The van der Waals surface area contributed by atoms with Gasteiger partial charge in [0.1, 0.15) is 18.1 Å². The minimum atomic E-state index is -4.29. The Kier molecular flexibility index (Phi) is 5.09. The normalized spacial score (nSPS) is 11.5. The molecule has 17 heavy (non-hydrogen) atoms. The molecule has 1 N–H and O–H groups in total.